The maximum atomic E-state index is 5.53. The van der Waals surface area contributed by atoms with E-state index in [1.807, 2.05) is 6.07 Å². The molecule has 0 aliphatic rings. The molecule has 0 radical (unpaired) electrons. The Kier molecular flexibility index (Phi) is 2.88. The van der Waals surface area contributed by atoms with Crippen LogP contribution in [0.1, 0.15) is 37.5 Å². The van der Waals surface area contributed by atoms with Crippen LogP contribution in [-0.4, -0.2) is 4.37 Å². The molecule has 1 aromatic rings. The fourth-order valence-corrected chi connectivity index (χ4v) is 2.11. The largest absolute Gasteiger partial charge is 0.383 e. The minimum Gasteiger partial charge on any atom is -0.383 e. The summed E-state index contributed by atoms with van der Waals surface area (Å²) < 4.78 is 4.05. The van der Waals surface area contributed by atoms with Crippen LogP contribution in [-0.2, 0) is 0 Å². The highest BCUT2D eigenvalue weighted by atomic mass is 32.1. The van der Waals surface area contributed by atoms with E-state index in [0.717, 1.165) is 0 Å². The first-order valence-electron chi connectivity index (χ1n) is 4.00. The number of rotatable bonds is 3. The molecule has 0 saturated carbocycles. The predicted octanol–water partition coefficient (Wildman–Crippen LogP) is 2.63. The van der Waals surface area contributed by atoms with Gasteiger partial charge >= 0.3 is 0 Å². The van der Waals surface area contributed by atoms with Crippen molar-refractivity contribution in [1.29, 1.82) is 0 Å². The molecule has 0 amide bonds. The van der Waals surface area contributed by atoms with Gasteiger partial charge in [0.1, 0.15) is 5.82 Å². The molecule has 3 heteroatoms. The van der Waals surface area contributed by atoms with Gasteiger partial charge in [-0.2, -0.15) is 4.37 Å². The van der Waals surface area contributed by atoms with Gasteiger partial charge in [-0.3, -0.25) is 0 Å². The quantitative estimate of drug-likeness (QED) is 0.757. The lowest BCUT2D eigenvalue weighted by atomic mass is 10.0. The van der Waals surface area contributed by atoms with Gasteiger partial charge in [0.05, 0.1) is 0 Å². The second-order valence-corrected chi connectivity index (χ2v) is 3.50. The zero-order valence-electron chi connectivity index (χ0n) is 7.00. The fourth-order valence-electron chi connectivity index (χ4n) is 1.19. The molecule has 0 aromatic carbocycles. The van der Waals surface area contributed by atoms with Crippen LogP contribution in [0.25, 0.3) is 0 Å². The van der Waals surface area contributed by atoms with Crippen LogP contribution >= 0.6 is 11.5 Å². The Hall–Kier alpha value is -0.570. The highest BCUT2D eigenvalue weighted by molar-refractivity contribution is 7.06. The minimum atomic E-state index is 0.657. The SMILES string of the molecule is CCC(CC)c1cc(N)ns1. The Morgan fingerprint density at radius 2 is 2.18 bits per heavy atom. The number of hydrogen-bond donors (Lipinski definition) is 1. The zero-order chi connectivity index (χ0) is 8.27. The van der Waals surface area contributed by atoms with Crippen molar-refractivity contribution in [3.63, 3.8) is 0 Å². The Labute approximate surface area is 71.6 Å². The van der Waals surface area contributed by atoms with Crippen LogP contribution in [0, 0.1) is 0 Å². The van der Waals surface area contributed by atoms with E-state index in [9.17, 15) is 0 Å². The number of nitrogens with zero attached hydrogens (tertiary/aromatic N) is 1. The van der Waals surface area contributed by atoms with E-state index >= 15 is 0 Å². The van der Waals surface area contributed by atoms with Gasteiger partial charge in [-0.25, -0.2) is 0 Å². The van der Waals surface area contributed by atoms with Gasteiger partial charge in [-0.05, 0) is 36.4 Å². The smallest absolute Gasteiger partial charge is 0.137 e. The molecule has 0 spiro atoms. The first kappa shape index (κ1) is 8.53. The Morgan fingerprint density at radius 3 is 2.55 bits per heavy atom. The fraction of sp³-hybridized carbons (Fsp3) is 0.625. The first-order valence-corrected chi connectivity index (χ1v) is 4.77. The molecule has 1 rings (SSSR count). The summed E-state index contributed by atoms with van der Waals surface area (Å²) in [4.78, 5) is 1.33. The van der Waals surface area contributed by atoms with E-state index in [-0.39, 0.29) is 0 Å². The third kappa shape index (κ3) is 1.93. The molecule has 0 aliphatic carbocycles. The molecular weight excluding hydrogens is 156 g/mol. The summed E-state index contributed by atoms with van der Waals surface area (Å²) in [6.45, 7) is 4.40. The Bertz CT molecular complexity index is 216. The highest BCUT2D eigenvalue weighted by Crippen LogP contribution is 2.27. The zero-order valence-corrected chi connectivity index (χ0v) is 7.82. The Balaban J connectivity index is 2.73. The van der Waals surface area contributed by atoms with Crippen molar-refractivity contribution in [1.82, 2.24) is 4.37 Å². The Morgan fingerprint density at radius 1 is 1.55 bits per heavy atom. The van der Waals surface area contributed by atoms with Crippen molar-refractivity contribution in [3.05, 3.63) is 10.9 Å². The van der Waals surface area contributed by atoms with Crippen molar-refractivity contribution in [3.8, 4) is 0 Å². The van der Waals surface area contributed by atoms with Crippen molar-refractivity contribution < 1.29 is 0 Å². The first-order chi connectivity index (χ1) is 5.27. The van der Waals surface area contributed by atoms with Crippen molar-refractivity contribution >= 4 is 17.4 Å². The number of hydrogen-bond acceptors (Lipinski definition) is 3. The van der Waals surface area contributed by atoms with E-state index in [0.29, 0.717) is 11.7 Å². The van der Waals surface area contributed by atoms with E-state index in [1.165, 1.54) is 29.3 Å². The second-order valence-electron chi connectivity index (χ2n) is 2.67. The summed E-state index contributed by atoms with van der Waals surface area (Å²) in [5.41, 5.74) is 5.53. The van der Waals surface area contributed by atoms with Gasteiger partial charge in [-0.15, -0.1) is 0 Å². The van der Waals surface area contributed by atoms with Gasteiger partial charge in [-0.1, -0.05) is 13.8 Å². The third-order valence-corrected chi connectivity index (χ3v) is 2.90. The van der Waals surface area contributed by atoms with Gasteiger partial charge in [0, 0.05) is 4.88 Å². The normalized spacial score (nSPS) is 10.8. The van der Waals surface area contributed by atoms with E-state index in [1.54, 1.807) is 0 Å². The summed E-state index contributed by atoms with van der Waals surface area (Å²) in [5.74, 6) is 1.32. The minimum absolute atomic E-state index is 0.657. The van der Waals surface area contributed by atoms with Gasteiger partial charge in [0.2, 0.25) is 0 Å². The summed E-state index contributed by atoms with van der Waals surface area (Å²) >= 11 is 1.53. The summed E-state index contributed by atoms with van der Waals surface area (Å²) in [5, 5.41) is 0. The number of anilines is 1. The third-order valence-electron chi connectivity index (χ3n) is 1.93. The lowest BCUT2D eigenvalue weighted by molar-refractivity contribution is 0.653. The number of nitrogens with two attached hydrogens (primary N) is 1. The lowest BCUT2D eigenvalue weighted by Gasteiger charge is -2.06. The van der Waals surface area contributed by atoms with E-state index < -0.39 is 0 Å². The van der Waals surface area contributed by atoms with Crippen LogP contribution in [0.5, 0.6) is 0 Å². The lowest BCUT2D eigenvalue weighted by Crippen LogP contribution is -1.91. The average molecular weight is 170 g/mol. The number of nitrogen functional groups attached to an aromatic ring is 1. The van der Waals surface area contributed by atoms with Crippen LogP contribution in [0.3, 0.4) is 0 Å². The molecule has 0 saturated heterocycles. The monoisotopic (exact) mass is 170 g/mol. The molecule has 1 aromatic heterocycles. The topological polar surface area (TPSA) is 38.9 Å². The predicted molar refractivity (Wildman–Crippen MR) is 49.8 cm³/mol. The van der Waals surface area contributed by atoms with Crippen molar-refractivity contribution in [2.45, 2.75) is 32.6 Å². The summed E-state index contributed by atoms with van der Waals surface area (Å²) in [7, 11) is 0. The molecule has 62 valence electrons. The molecule has 0 unspecified atom stereocenters. The molecule has 0 atom stereocenters. The van der Waals surface area contributed by atoms with Crippen LogP contribution in [0.2, 0.25) is 0 Å². The molecule has 1 heterocycles. The van der Waals surface area contributed by atoms with Crippen molar-refractivity contribution in [2.24, 2.45) is 0 Å². The second kappa shape index (κ2) is 3.72. The average Bonchev–Trinajstić information content (AvgIpc) is 2.39. The van der Waals surface area contributed by atoms with Gasteiger partial charge in [0.15, 0.2) is 0 Å². The molecule has 2 nitrogen and oxygen atoms in total. The summed E-state index contributed by atoms with van der Waals surface area (Å²) in [6, 6.07) is 1.99. The maximum absolute atomic E-state index is 5.53. The van der Waals surface area contributed by atoms with Gasteiger partial charge in [0.25, 0.3) is 0 Å². The molecule has 0 bridgehead atoms. The van der Waals surface area contributed by atoms with Crippen molar-refractivity contribution in [2.75, 3.05) is 5.73 Å². The molecule has 0 fully saturated rings. The van der Waals surface area contributed by atoms with Crippen LogP contribution in [0.15, 0.2) is 6.07 Å². The van der Waals surface area contributed by atoms with E-state index in [4.69, 9.17) is 5.73 Å². The summed E-state index contributed by atoms with van der Waals surface area (Å²) in [6.07, 6.45) is 2.36. The number of aromatic nitrogens is 1. The standard InChI is InChI=1S/C8H14N2S/c1-3-6(4-2)7-5-8(9)10-11-7/h5-6H,3-4H2,1-2H3,(H2,9,10). The molecule has 11 heavy (non-hydrogen) atoms. The van der Waals surface area contributed by atoms with Gasteiger partial charge < -0.3 is 5.73 Å². The van der Waals surface area contributed by atoms with Crippen LogP contribution < -0.4 is 5.73 Å². The molecule has 2 N–H and O–H groups in total. The molecular formula is C8H14N2S. The highest BCUT2D eigenvalue weighted by Gasteiger charge is 2.09. The van der Waals surface area contributed by atoms with Crippen LogP contribution in [0.4, 0.5) is 5.82 Å². The molecule has 0 aliphatic heterocycles. The maximum Gasteiger partial charge on any atom is 0.137 e. The van der Waals surface area contributed by atoms with E-state index in [2.05, 4.69) is 18.2 Å².